The van der Waals surface area contributed by atoms with Crippen molar-refractivity contribution in [3.8, 4) is 12.3 Å². The summed E-state index contributed by atoms with van der Waals surface area (Å²) < 4.78 is 27.3. The first-order chi connectivity index (χ1) is 11.4. The molecule has 0 unspecified atom stereocenters. The lowest BCUT2D eigenvalue weighted by Gasteiger charge is -2.27. The van der Waals surface area contributed by atoms with Crippen LogP contribution < -0.4 is 0 Å². The van der Waals surface area contributed by atoms with E-state index in [1.807, 2.05) is 37.3 Å². The van der Waals surface area contributed by atoms with Crippen LogP contribution in [0.1, 0.15) is 17.5 Å². The molecule has 0 aromatic heterocycles. The predicted molar refractivity (Wildman–Crippen MR) is 95.8 cm³/mol. The minimum absolute atomic E-state index is 0.259. The van der Waals surface area contributed by atoms with E-state index in [1.165, 1.54) is 4.31 Å². The number of aryl methyl sites for hydroxylation is 1. The molecule has 24 heavy (non-hydrogen) atoms. The van der Waals surface area contributed by atoms with Crippen LogP contribution in [-0.2, 0) is 15.4 Å². The fourth-order valence-corrected chi connectivity index (χ4v) is 4.65. The van der Waals surface area contributed by atoms with E-state index in [0.717, 1.165) is 11.1 Å². The van der Waals surface area contributed by atoms with Crippen LogP contribution in [0, 0.1) is 19.3 Å². The lowest BCUT2D eigenvalue weighted by Crippen LogP contribution is -2.31. The zero-order valence-electron chi connectivity index (χ0n) is 13.6. The van der Waals surface area contributed by atoms with Gasteiger partial charge in [0.2, 0.25) is 0 Å². The molecule has 4 heteroatoms. The largest absolute Gasteiger partial charge is 0.269 e. The van der Waals surface area contributed by atoms with Gasteiger partial charge in [-0.1, -0.05) is 60.5 Å². The molecule has 3 nitrogen and oxygen atoms in total. The maximum Gasteiger partial charge on any atom is 0.264 e. The van der Waals surface area contributed by atoms with Gasteiger partial charge in [0.25, 0.3) is 10.0 Å². The lowest BCUT2D eigenvalue weighted by atomic mass is 9.78. The summed E-state index contributed by atoms with van der Waals surface area (Å²) in [6.07, 6.45) is 6.35. The predicted octanol–water partition coefficient (Wildman–Crippen LogP) is 3.47. The molecule has 2 aromatic rings. The molecule has 0 saturated carbocycles. The molecule has 0 radical (unpaired) electrons. The van der Waals surface area contributed by atoms with Crippen molar-refractivity contribution in [1.82, 2.24) is 4.31 Å². The Morgan fingerprint density at radius 3 is 2.33 bits per heavy atom. The zero-order valence-corrected chi connectivity index (χ0v) is 14.4. The number of sulfonamides is 1. The van der Waals surface area contributed by atoms with Gasteiger partial charge in [-0.3, -0.25) is 4.31 Å². The maximum atomic E-state index is 13.0. The molecule has 1 aliphatic rings. The molecule has 1 saturated heterocycles. The van der Waals surface area contributed by atoms with Crippen molar-refractivity contribution in [2.75, 3.05) is 6.54 Å². The van der Waals surface area contributed by atoms with Gasteiger partial charge in [0, 0.05) is 12.2 Å². The van der Waals surface area contributed by atoms with E-state index in [1.54, 1.807) is 24.3 Å². The average Bonchev–Trinajstić information content (AvgIpc) is 2.94. The number of terminal acetylenes is 1. The van der Waals surface area contributed by atoms with E-state index >= 15 is 0 Å². The molecule has 0 N–H and O–H groups in total. The smallest absolute Gasteiger partial charge is 0.264 e. The highest BCUT2D eigenvalue weighted by atomic mass is 32.2. The highest BCUT2D eigenvalue weighted by molar-refractivity contribution is 7.89. The van der Waals surface area contributed by atoms with Gasteiger partial charge in [0.05, 0.1) is 10.3 Å². The Balaban J connectivity index is 2.02. The third-order valence-electron chi connectivity index (χ3n) is 4.61. The van der Waals surface area contributed by atoms with Crippen molar-refractivity contribution in [2.45, 2.75) is 23.7 Å². The average molecular weight is 337 g/mol. The Morgan fingerprint density at radius 1 is 1.12 bits per heavy atom. The molecule has 0 spiro atoms. The van der Waals surface area contributed by atoms with Crippen LogP contribution in [0.15, 0.2) is 71.8 Å². The van der Waals surface area contributed by atoms with Crippen molar-refractivity contribution >= 4 is 10.0 Å². The van der Waals surface area contributed by atoms with Gasteiger partial charge in [0.15, 0.2) is 0 Å². The van der Waals surface area contributed by atoms with Crippen LogP contribution in [0.4, 0.5) is 0 Å². The van der Waals surface area contributed by atoms with Crippen molar-refractivity contribution in [3.05, 3.63) is 78.0 Å². The lowest BCUT2D eigenvalue weighted by molar-refractivity contribution is 0.509. The topological polar surface area (TPSA) is 37.4 Å². The summed E-state index contributed by atoms with van der Waals surface area (Å²) in [5.41, 5.74) is 1.58. The van der Waals surface area contributed by atoms with Crippen LogP contribution in [0.5, 0.6) is 0 Å². The molecule has 0 bridgehead atoms. The molecule has 1 atom stereocenters. The first-order valence-electron chi connectivity index (χ1n) is 7.74. The molecular weight excluding hydrogens is 318 g/mol. The van der Waals surface area contributed by atoms with Crippen molar-refractivity contribution in [3.63, 3.8) is 0 Å². The second-order valence-corrected chi connectivity index (χ2v) is 7.86. The number of hydrogen-bond donors (Lipinski definition) is 0. The van der Waals surface area contributed by atoms with Crippen LogP contribution in [0.2, 0.25) is 0 Å². The van der Waals surface area contributed by atoms with Crippen molar-refractivity contribution in [1.29, 1.82) is 0 Å². The van der Waals surface area contributed by atoms with Gasteiger partial charge in [-0.05, 0) is 31.0 Å². The van der Waals surface area contributed by atoms with E-state index in [9.17, 15) is 8.42 Å². The number of allylic oxidation sites excluding steroid dienone is 1. The fourth-order valence-electron chi connectivity index (χ4n) is 3.14. The van der Waals surface area contributed by atoms with Crippen molar-refractivity contribution < 1.29 is 8.42 Å². The first-order valence-corrected chi connectivity index (χ1v) is 9.18. The molecular formula is C20H19NO2S. The third-order valence-corrected chi connectivity index (χ3v) is 6.46. The maximum absolute atomic E-state index is 13.0. The monoisotopic (exact) mass is 337 g/mol. The molecule has 1 heterocycles. The second kappa shape index (κ2) is 5.85. The quantitative estimate of drug-likeness (QED) is 0.804. The normalized spacial score (nSPS) is 20.8. The second-order valence-electron chi connectivity index (χ2n) is 6.00. The van der Waals surface area contributed by atoms with Crippen LogP contribution in [0.25, 0.3) is 0 Å². The summed E-state index contributed by atoms with van der Waals surface area (Å²) in [5, 5.41) is 0. The van der Waals surface area contributed by atoms with Gasteiger partial charge in [-0.2, -0.15) is 0 Å². The Hall–Kier alpha value is -2.51. The molecule has 3 rings (SSSR count). The summed E-state index contributed by atoms with van der Waals surface area (Å²) in [6, 6.07) is 16.4. The van der Waals surface area contributed by atoms with E-state index in [0.29, 0.717) is 18.7 Å². The summed E-state index contributed by atoms with van der Waals surface area (Å²) in [5.74, 6) is 2.80. The van der Waals surface area contributed by atoms with Crippen LogP contribution >= 0.6 is 0 Å². The standard InChI is InChI=1S/C20H19NO2S/c1-4-20(18-8-6-5-7-9-18)14-15-21(17(20)3)24(22,23)19-12-10-16(2)11-13-19/h1,5-13H,3,14-15H2,2H3/t20-/m1/s1. The Kier molecular flexibility index (Phi) is 3.98. The Morgan fingerprint density at radius 2 is 1.75 bits per heavy atom. The molecule has 122 valence electrons. The van der Waals surface area contributed by atoms with E-state index in [2.05, 4.69) is 12.5 Å². The highest BCUT2D eigenvalue weighted by Crippen LogP contribution is 2.44. The van der Waals surface area contributed by atoms with E-state index < -0.39 is 15.4 Å². The Labute approximate surface area is 143 Å². The molecule has 1 fully saturated rings. The molecule has 2 aromatic carbocycles. The number of nitrogens with zero attached hydrogens (tertiary/aromatic N) is 1. The minimum atomic E-state index is -3.66. The van der Waals surface area contributed by atoms with Gasteiger partial charge in [0.1, 0.15) is 0 Å². The summed E-state index contributed by atoms with van der Waals surface area (Å²) in [4.78, 5) is 0.259. The molecule has 1 aliphatic heterocycles. The first kappa shape index (κ1) is 16.4. The third kappa shape index (κ3) is 2.42. The zero-order chi connectivity index (χ0) is 17.4. The summed E-state index contributed by atoms with van der Waals surface area (Å²) >= 11 is 0. The van der Waals surface area contributed by atoms with E-state index in [4.69, 9.17) is 6.42 Å². The highest BCUT2D eigenvalue weighted by Gasteiger charge is 2.46. The molecule has 0 aliphatic carbocycles. The Bertz CT molecular complexity index is 908. The van der Waals surface area contributed by atoms with E-state index in [-0.39, 0.29) is 4.90 Å². The molecule has 0 amide bonds. The van der Waals surface area contributed by atoms with Gasteiger partial charge >= 0.3 is 0 Å². The minimum Gasteiger partial charge on any atom is -0.269 e. The number of hydrogen-bond acceptors (Lipinski definition) is 2. The van der Waals surface area contributed by atoms with Crippen LogP contribution in [0.3, 0.4) is 0 Å². The summed E-state index contributed by atoms with van der Waals surface area (Å²) in [7, 11) is -3.66. The van der Waals surface area contributed by atoms with Gasteiger partial charge < -0.3 is 0 Å². The number of rotatable bonds is 3. The van der Waals surface area contributed by atoms with Gasteiger partial charge in [-0.25, -0.2) is 8.42 Å². The van der Waals surface area contributed by atoms with Crippen LogP contribution in [-0.4, -0.2) is 19.3 Å². The SMILES string of the molecule is C#C[C@@]1(c2ccccc2)CCN(S(=O)(=O)c2ccc(C)cc2)C1=C. The fraction of sp³-hybridized carbons (Fsp3) is 0.200. The van der Waals surface area contributed by atoms with Crippen molar-refractivity contribution in [2.24, 2.45) is 0 Å². The number of benzene rings is 2. The van der Waals surface area contributed by atoms with Gasteiger partial charge in [-0.15, -0.1) is 6.42 Å². The summed E-state index contributed by atoms with van der Waals surface area (Å²) in [6.45, 7) is 6.30.